The Morgan fingerprint density at radius 1 is 1.00 bits per heavy atom. The van der Waals surface area contributed by atoms with Crippen LogP contribution in [0.1, 0.15) is 24.0 Å². The molecular formula is C21H21N3O2. The molecule has 0 aliphatic heterocycles. The summed E-state index contributed by atoms with van der Waals surface area (Å²) in [7, 11) is 0. The molecule has 1 saturated carbocycles. The summed E-state index contributed by atoms with van der Waals surface area (Å²) in [5.41, 5.74) is 1.15. The predicted octanol–water partition coefficient (Wildman–Crippen LogP) is 2.43. The highest BCUT2D eigenvalue weighted by Gasteiger charge is 2.44. The lowest BCUT2D eigenvalue weighted by Gasteiger charge is -2.23. The topological polar surface area (TPSA) is 73.2 Å². The third-order valence-electron chi connectivity index (χ3n) is 4.44. The molecule has 3 rings (SSSR count). The van der Waals surface area contributed by atoms with Crippen LogP contribution in [0, 0.1) is 11.3 Å². The van der Waals surface area contributed by atoms with Crippen LogP contribution < -0.4 is 5.32 Å². The van der Waals surface area contributed by atoms with Crippen LogP contribution in [0.2, 0.25) is 0 Å². The van der Waals surface area contributed by atoms with Crippen LogP contribution in [-0.2, 0) is 22.6 Å². The van der Waals surface area contributed by atoms with Gasteiger partial charge < -0.3 is 10.2 Å². The smallest absolute Gasteiger partial charge is 0.240 e. The molecule has 0 radical (unpaired) electrons. The van der Waals surface area contributed by atoms with E-state index < -0.39 is 5.54 Å². The summed E-state index contributed by atoms with van der Waals surface area (Å²) < 4.78 is 0. The van der Waals surface area contributed by atoms with E-state index in [1.807, 2.05) is 60.7 Å². The summed E-state index contributed by atoms with van der Waals surface area (Å²) >= 11 is 0. The molecule has 0 aromatic heterocycles. The molecule has 5 nitrogen and oxygen atoms in total. The Kier molecular flexibility index (Phi) is 5.33. The van der Waals surface area contributed by atoms with E-state index in [-0.39, 0.29) is 24.8 Å². The zero-order chi connectivity index (χ0) is 18.4. The van der Waals surface area contributed by atoms with E-state index >= 15 is 0 Å². The minimum absolute atomic E-state index is 0.0516. The first kappa shape index (κ1) is 17.7. The number of nitrogens with zero attached hydrogens (tertiary/aromatic N) is 2. The standard InChI is InChI=1S/C21H21N3O2/c22-16-21(11-12-21)23-19(25)15-24(14-18-9-5-2-6-10-18)20(26)13-17-7-3-1-4-8-17/h1-10H,11-15H2,(H,23,25). The number of benzene rings is 2. The Morgan fingerprint density at radius 3 is 2.12 bits per heavy atom. The zero-order valence-corrected chi connectivity index (χ0v) is 14.5. The van der Waals surface area contributed by atoms with Crippen molar-refractivity contribution in [3.63, 3.8) is 0 Å². The van der Waals surface area contributed by atoms with Crippen molar-refractivity contribution >= 4 is 11.8 Å². The molecule has 2 amide bonds. The van der Waals surface area contributed by atoms with Gasteiger partial charge in [-0.05, 0) is 24.0 Å². The van der Waals surface area contributed by atoms with Crippen LogP contribution in [0.4, 0.5) is 0 Å². The monoisotopic (exact) mass is 347 g/mol. The molecule has 1 fully saturated rings. The van der Waals surface area contributed by atoms with Gasteiger partial charge in [0.1, 0.15) is 5.54 Å². The predicted molar refractivity (Wildman–Crippen MR) is 97.7 cm³/mol. The van der Waals surface area contributed by atoms with Gasteiger partial charge in [-0.25, -0.2) is 0 Å². The van der Waals surface area contributed by atoms with Crippen LogP contribution in [0.3, 0.4) is 0 Å². The lowest BCUT2D eigenvalue weighted by atomic mass is 10.1. The molecule has 2 aromatic carbocycles. The highest BCUT2D eigenvalue weighted by atomic mass is 16.2. The van der Waals surface area contributed by atoms with Crippen LogP contribution in [0.5, 0.6) is 0 Å². The minimum Gasteiger partial charge on any atom is -0.336 e. The van der Waals surface area contributed by atoms with E-state index in [0.717, 1.165) is 11.1 Å². The van der Waals surface area contributed by atoms with Gasteiger partial charge in [-0.2, -0.15) is 5.26 Å². The molecule has 0 unspecified atom stereocenters. The van der Waals surface area contributed by atoms with Crippen LogP contribution in [-0.4, -0.2) is 28.8 Å². The van der Waals surface area contributed by atoms with Gasteiger partial charge in [0.2, 0.25) is 11.8 Å². The second-order valence-electron chi connectivity index (χ2n) is 6.64. The second kappa shape index (κ2) is 7.83. The number of hydrogen-bond acceptors (Lipinski definition) is 3. The number of carbonyl (C=O) groups is 2. The molecule has 132 valence electrons. The minimum atomic E-state index is -0.724. The highest BCUT2D eigenvalue weighted by Crippen LogP contribution is 2.34. The summed E-state index contributed by atoms with van der Waals surface area (Å²) in [5, 5.41) is 11.9. The third kappa shape index (κ3) is 4.70. The lowest BCUT2D eigenvalue weighted by Crippen LogP contribution is -2.45. The maximum Gasteiger partial charge on any atom is 0.240 e. The van der Waals surface area contributed by atoms with Crippen molar-refractivity contribution in [2.24, 2.45) is 0 Å². The van der Waals surface area contributed by atoms with Crippen molar-refractivity contribution in [2.45, 2.75) is 31.3 Å². The molecule has 26 heavy (non-hydrogen) atoms. The maximum atomic E-state index is 12.8. The van der Waals surface area contributed by atoms with Crippen molar-refractivity contribution in [3.05, 3.63) is 71.8 Å². The summed E-state index contributed by atoms with van der Waals surface area (Å²) in [4.78, 5) is 26.7. The van der Waals surface area contributed by atoms with Gasteiger partial charge in [0.15, 0.2) is 0 Å². The molecule has 0 heterocycles. The summed E-state index contributed by atoms with van der Waals surface area (Å²) in [6, 6.07) is 21.2. The molecule has 0 atom stereocenters. The first-order valence-electron chi connectivity index (χ1n) is 8.68. The van der Waals surface area contributed by atoms with Gasteiger partial charge in [0.05, 0.1) is 19.0 Å². The molecule has 0 saturated heterocycles. The summed E-state index contributed by atoms with van der Waals surface area (Å²) in [6.45, 7) is 0.309. The fourth-order valence-electron chi connectivity index (χ4n) is 2.79. The normalized spacial score (nSPS) is 14.1. The number of rotatable bonds is 7. The van der Waals surface area contributed by atoms with Crippen LogP contribution >= 0.6 is 0 Å². The SMILES string of the molecule is N#CC1(NC(=O)CN(Cc2ccccc2)C(=O)Cc2ccccc2)CC1. The van der Waals surface area contributed by atoms with E-state index in [4.69, 9.17) is 5.26 Å². The summed E-state index contributed by atoms with van der Waals surface area (Å²) in [6.07, 6.45) is 1.59. The lowest BCUT2D eigenvalue weighted by molar-refractivity contribution is -0.136. The van der Waals surface area contributed by atoms with Gasteiger partial charge in [0, 0.05) is 6.54 Å². The van der Waals surface area contributed by atoms with Crippen molar-refractivity contribution < 1.29 is 9.59 Å². The van der Waals surface area contributed by atoms with Gasteiger partial charge in [-0.15, -0.1) is 0 Å². The Hall–Kier alpha value is -3.13. The van der Waals surface area contributed by atoms with Gasteiger partial charge >= 0.3 is 0 Å². The van der Waals surface area contributed by atoms with Gasteiger partial charge in [0.25, 0.3) is 0 Å². The molecule has 1 N–H and O–H groups in total. The fraction of sp³-hybridized carbons (Fsp3) is 0.286. The van der Waals surface area contributed by atoms with E-state index in [2.05, 4.69) is 11.4 Å². The Balaban J connectivity index is 1.69. The van der Waals surface area contributed by atoms with Crippen molar-refractivity contribution in [1.82, 2.24) is 10.2 Å². The van der Waals surface area contributed by atoms with Gasteiger partial charge in [-0.3, -0.25) is 9.59 Å². The molecule has 2 aromatic rings. The zero-order valence-electron chi connectivity index (χ0n) is 14.5. The second-order valence-corrected chi connectivity index (χ2v) is 6.64. The molecule has 1 aliphatic rings. The van der Waals surface area contributed by atoms with E-state index in [1.165, 1.54) is 0 Å². The maximum absolute atomic E-state index is 12.8. The van der Waals surface area contributed by atoms with Crippen molar-refractivity contribution in [3.8, 4) is 6.07 Å². The molecule has 1 aliphatic carbocycles. The first-order chi connectivity index (χ1) is 12.6. The number of hydrogen-bond donors (Lipinski definition) is 1. The van der Waals surface area contributed by atoms with Crippen LogP contribution in [0.25, 0.3) is 0 Å². The molecule has 5 heteroatoms. The van der Waals surface area contributed by atoms with Crippen molar-refractivity contribution in [1.29, 1.82) is 5.26 Å². The summed E-state index contributed by atoms with van der Waals surface area (Å²) in [5.74, 6) is -0.404. The third-order valence-corrected chi connectivity index (χ3v) is 4.44. The van der Waals surface area contributed by atoms with E-state index in [9.17, 15) is 9.59 Å². The number of amides is 2. The molecule has 0 bridgehead atoms. The first-order valence-corrected chi connectivity index (χ1v) is 8.68. The number of nitrogens with one attached hydrogen (secondary N) is 1. The van der Waals surface area contributed by atoms with Crippen LogP contribution in [0.15, 0.2) is 60.7 Å². The quantitative estimate of drug-likeness (QED) is 0.836. The largest absolute Gasteiger partial charge is 0.336 e. The number of carbonyl (C=O) groups excluding carboxylic acids is 2. The highest BCUT2D eigenvalue weighted by molar-refractivity contribution is 5.86. The average Bonchev–Trinajstić information content (AvgIpc) is 3.42. The van der Waals surface area contributed by atoms with E-state index in [0.29, 0.717) is 19.4 Å². The fourth-order valence-corrected chi connectivity index (χ4v) is 2.79. The average molecular weight is 347 g/mol. The Morgan fingerprint density at radius 2 is 1.58 bits per heavy atom. The Labute approximate surface area is 153 Å². The molecular weight excluding hydrogens is 326 g/mol. The van der Waals surface area contributed by atoms with E-state index in [1.54, 1.807) is 4.90 Å². The van der Waals surface area contributed by atoms with Gasteiger partial charge in [-0.1, -0.05) is 60.7 Å². The number of nitriles is 1. The Bertz CT molecular complexity index is 808. The molecule has 0 spiro atoms. The van der Waals surface area contributed by atoms with Crippen molar-refractivity contribution in [2.75, 3.05) is 6.54 Å².